The van der Waals surface area contributed by atoms with Gasteiger partial charge in [-0.05, 0) is 6.92 Å². The normalized spacial score (nSPS) is 10.5. The second-order valence-corrected chi connectivity index (χ2v) is 4.12. The van der Waals surface area contributed by atoms with Crippen LogP contribution in [0, 0.1) is 6.92 Å². The van der Waals surface area contributed by atoms with Crippen LogP contribution in [0.1, 0.15) is 30.2 Å². The fraction of sp³-hybridized carbons (Fsp3) is 0.583. The highest BCUT2D eigenvalue weighted by Crippen LogP contribution is 2.09. The summed E-state index contributed by atoms with van der Waals surface area (Å²) in [5, 5.41) is 3.22. The summed E-state index contributed by atoms with van der Waals surface area (Å²) in [4.78, 5) is 19.3. The van der Waals surface area contributed by atoms with Gasteiger partial charge in [-0.2, -0.15) is 4.98 Å². The maximum absolute atomic E-state index is 11.3. The first-order chi connectivity index (χ1) is 8.52. The second-order valence-electron chi connectivity index (χ2n) is 4.12. The lowest BCUT2D eigenvalue weighted by molar-refractivity contribution is 0.0585. The van der Waals surface area contributed by atoms with Gasteiger partial charge in [0.15, 0.2) is 0 Å². The molecule has 6 heteroatoms. The molecular formula is C12H19N3O3. The average Bonchev–Trinajstić information content (AvgIpc) is 2.32. The second kappa shape index (κ2) is 6.90. The van der Waals surface area contributed by atoms with Crippen molar-refractivity contribution in [3.05, 3.63) is 17.6 Å². The lowest BCUT2D eigenvalue weighted by atomic mass is 10.4. The van der Waals surface area contributed by atoms with Crippen LogP contribution in [0.5, 0.6) is 5.88 Å². The molecule has 0 spiro atoms. The Balaban J connectivity index is 2.60. The molecule has 0 fully saturated rings. The average molecular weight is 253 g/mol. The summed E-state index contributed by atoms with van der Waals surface area (Å²) in [5.74, 6) is -0.165. The van der Waals surface area contributed by atoms with Gasteiger partial charge in [-0.25, -0.2) is 9.78 Å². The smallest absolute Gasteiger partial charge is 0.376 e. The van der Waals surface area contributed by atoms with Crippen molar-refractivity contribution in [2.45, 2.75) is 26.8 Å². The van der Waals surface area contributed by atoms with E-state index in [4.69, 9.17) is 4.74 Å². The Morgan fingerprint density at radius 1 is 1.44 bits per heavy atom. The van der Waals surface area contributed by atoms with Crippen LogP contribution >= 0.6 is 0 Å². The van der Waals surface area contributed by atoms with Gasteiger partial charge in [-0.3, -0.25) is 0 Å². The van der Waals surface area contributed by atoms with Crippen molar-refractivity contribution >= 4 is 5.97 Å². The molecule has 1 N–H and O–H groups in total. The van der Waals surface area contributed by atoms with Crippen LogP contribution in [0.2, 0.25) is 0 Å². The van der Waals surface area contributed by atoms with Crippen LogP contribution in [-0.2, 0) is 4.74 Å². The Bertz CT molecular complexity index is 408. The number of aryl methyl sites for hydroxylation is 1. The molecule has 1 aromatic heterocycles. The third-order valence-corrected chi connectivity index (χ3v) is 2.10. The molecule has 0 bridgehead atoms. The number of carbonyl (C=O) groups excluding carboxylic acids is 1. The van der Waals surface area contributed by atoms with Crippen LogP contribution in [0.15, 0.2) is 6.07 Å². The number of ether oxygens (including phenoxy) is 2. The summed E-state index contributed by atoms with van der Waals surface area (Å²) >= 11 is 0. The number of carbonyl (C=O) groups is 1. The first-order valence-electron chi connectivity index (χ1n) is 5.83. The van der Waals surface area contributed by atoms with E-state index in [9.17, 15) is 4.79 Å². The molecule has 100 valence electrons. The van der Waals surface area contributed by atoms with Crippen molar-refractivity contribution in [2.24, 2.45) is 0 Å². The summed E-state index contributed by atoms with van der Waals surface area (Å²) in [6.45, 7) is 7.09. The summed E-state index contributed by atoms with van der Waals surface area (Å²) in [5.41, 5.74) is 0.664. The minimum Gasteiger partial charge on any atom is -0.476 e. The van der Waals surface area contributed by atoms with Crippen molar-refractivity contribution in [1.29, 1.82) is 0 Å². The number of nitrogens with one attached hydrogen (secondary N) is 1. The zero-order valence-corrected chi connectivity index (χ0v) is 11.2. The summed E-state index contributed by atoms with van der Waals surface area (Å²) in [6, 6.07) is 2.09. The lowest BCUT2D eigenvalue weighted by Crippen LogP contribution is -2.27. The first-order valence-corrected chi connectivity index (χ1v) is 5.83. The van der Waals surface area contributed by atoms with E-state index >= 15 is 0 Å². The highest BCUT2D eigenvalue weighted by atomic mass is 16.5. The molecule has 0 aromatic carbocycles. The number of rotatable bonds is 6. The molecule has 0 amide bonds. The maximum atomic E-state index is 11.3. The summed E-state index contributed by atoms with van der Waals surface area (Å²) < 4.78 is 10.0. The molecule has 0 saturated heterocycles. The zero-order valence-electron chi connectivity index (χ0n) is 11.2. The Morgan fingerprint density at radius 2 is 2.17 bits per heavy atom. The first kappa shape index (κ1) is 14.4. The van der Waals surface area contributed by atoms with Crippen molar-refractivity contribution in [1.82, 2.24) is 15.3 Å². The number of methoxy groups -OCH3 is 1. The fourth-order valence-corrected chi connectivity index (χ4v) is 1.30. The van der Waals surface area contributed by atoms with Crippen LogP contribution < -0.4 is 10.1 Å². The highest BCUT2D eigenvalue weighted by Gasteiger charge is 2.11. The van der Waals surface area contributed by atoms with Crippen molar-refractivity contribution in [2.75, 3.05) is 20.3 Å². The van der Waals surface area contributed by atoms with Crippen LogP contribution in [0.4, 0.5) is 0 Å². The third-order valence-electron chi connectivity index (χ3n) is 2.10. The SMILES string of the molecule is COC(=O)c1nc(C)cc(OCCNC(C)C)n1. The van der Waals surface area contributed by atoms with E-state index in [0.717, 1.165) is 0 Å². The van der Waals surface area contributed by atoms with E-state index in [2.05, 4.69) is 33.9 Å². The third kappa shape index (κ3) is 4.67. The van der Waals surface area contributed by atoms with E-state index in [1.807, 2.05) is 0 Å². The molecule has 0 aliphatic carbocycles. The van der Waals surface area contributed by atoms with Crippen LogP contribution in [0.3, 0.4) is 0 Å². The van der Waals surface area contributed by atoms with Crippen LogP contribution in [-0.4, -0.2) is 42.2 Å². The van der Waals surface area contributed by atoms with Crippen molar-refractivity contribution in [3.63, 3.8) is 0 Å². The van der Waals surface area contributed by atoms with Crippen molar-refractivity contribution in [3.8, 4) is 5.88 Å². The molecule has 6 nitrogen and oxygen atoms in total. The molecule has 18 heavy (non-hydrogen) atoms. The van der Waals surface area contributed by atoms with E-state index in [-0.39, 0.29) is 5.82 Å². The van der Waals surface area contributed by atoms with Gasteiger partial charge < -0.3 is 14.8 Å². The number of hydrogen-bond donors (Lipinski definition) is 1. The topological polar surface area (TPSA) is 73.3 Å². The molecule has 0 unspecified atom stereocenters. The Hall–Kier alpha value is -1.69. The van der Waals surface area contributed by atoms with Crippen molar-refractivity contribution < 1.29 is 14.3 Å². The molecule has 0 aliphatic heterocycles. The summed E-state index contributed by atoms with van der Waals surface area (Å²) in [7, 11) is 1.29. The van der Waals surface area contributed by atoms with Gasteiger partial charge in [-0.1, -0.05) is 13.8 Å². The molecule has 0 saturated carbocycles. The number of aromatic nitrogens is 2. The monoisotopic (exact) mass is 253 g/mol. The minimum absolute atomic E-state index is 0.0179. The minimum atomic E-state index is -0.566. The largest absolute Gasteiger partial charge is 0.476 e. The zero-order chi connectivity index (χ0) is 13.5. The highest BCUT2D eigenvalue weighted by molar-refractivity contribution is 5.85. The number of hydrogen-bond acceptors (Lipinski definition) is 6. The molecule has 1 aromatic rings. The quantitative estimate of drug-likeness (QED) is 0.601. The molecule has 0 atom stereocenters. The molecule has 0 aliphatic rings. The van der Waals surface area contributed by atoms with E-state index < -0.39 is 5.97 Å². The molecule has 0 radical (unpaired) electrons. The fourth-order valence-electron chi connectivity index (χ4n) is 1.30. The van der Waals surface area contributed by atoms with E-state index in [0.29, 0.717) is 30.8 Å². The maximum Gasteiger partial charge on any atom is 0.376 e. The number of nitrogens with zero attached hydrogens (tertiary/aromatic N) is 2. The Labute approximate surface area is 107 Å². The van der Waals surface area contributed by atoms with Gasteiger partial charge in [0.2, 0.25) is 11.7 Å². The van der Waals surface area contributed by atoms with E-state index in [1.54, 1.807) is 13.0 Å². The Morgan fingerprint density at radius 3 is 2.78 bits per heavy atom. The van der Waals surface area contributed by atoms with Gasteiger partial charge in [0.1, 0.15) is 6.61 Å². The van der Waals surface area contributed by atoms with Gasteiger partial charge >= 0.3 is 5.97 Å². The summed E-state index contributed by atoms with van der Waals surface area (Å²) in [6.07, 6.45) is 0. The number of esters is 1. The van der Waals surface area contributed by atoms with Gasteiger partial charge in [0, 0.05) is 24.3 Å². The standard InChI is InChI=1S/C12H19N3O3/c1-8(2)13-5-6-18-10-7-9(3)14-11(15-10)12(16)17-4/h7-8,13H,5-6H2,1-4H3. The molecule has 1 heterocycles. The predicted octanol–water partition coefficient (Wildman–Crippen LogP) is 0.948. The molecular weight excluding hydrogens is 234 g/mol. The lowest BCUT2D eigenvalue weighted by Gasteiger charge is -2.09. The predicted molar refractivity (Wildman–Crippen MR) is 66.7 cm³/mol. The van der Waals surface area contributed by atoms with Gasteiger partial charge in [0.05, 0.1) is 7.11 Å². The van der Waals surface area contributed by atoms with E-state index in [1.165, 1.54) is 7.11 Å². The van der Waals surface area contributed by atoms with Crippen LogP contribution in [0.25, 0.3) is 0 Å². The molecule has 1 rings (SSSR count). The Kier molecular flexibility index (Phi) is 5.51. The van der Waals surface area contributed by atoms with Gasteiger partial charge in [-0.15, -0.1) is 0 Å². The van der Waals surface area contributed by atoms with Gasteiger partial charge in [0.25, 0.3) is 0 Å².